The van der Waals surface area contributed by atoms with E-state index in [-0.39, 0.29) is 28.6 Å². The van der Waals surface area contributed by atoms with Gasteiger partial charge in [-0.15, -0.1) is 0 Å². The number of nitrogens with zero attached hydrogens (tertiary/aromatic N) is 4. The summed E-state index contributed by atoms with van der Waals surface area (Å²) in [6.07, 6.45) is 1.82. The fourth-order valence-electron chi connectivity index (χ4n) is 4.39. The minimum Gasteiger partial charge on any atom is -0.396 e. The summed E-state index contributed by atoms with van der Waals surface area (Å²) in [6.45, 7) is 2.66. The van der Waals surface area contributed by atoms with Gasteiger partial charge in [0, 0.05) is 36.6 Å². The third-order valence-electron chi connectivity index (χ3n) is 5.79. The SMILES string of the molecule is CS.Nc1cnn(C(=O)N2CCC3(CCN(Cc4cc(Cl)ccc4C(F)(F)F)C3)C2)c1. The fourth-order valence-corrected chi connectivity index (χ4v) is 4.59. The number of nitrogens with two attached hydrogens (primary N) is 1. The predicted octanol–water partition coefficient (Wildman–Crippen LogP) is 4.25. The summed E-state index contributed by atoms with van der Waals surface area (Å²) in [6, 6.07) is 3.46. The van der Waals surface area contributed by atoms with Crippen molar-refractivity contribution >= 4 is 35.9 Å². The molecule has 1 atom stereocenters. The minimum atomic E-state index is -4.42. The summed E-state index contributed by atoms with van der Waals surface area (Å²) >= 11 is 9.47. The van der Waals surface area contributed by atoms with Gasteiger partial charge < -0.3 is 10.6 Å². The van der Waals surface area contributed by atoms with Crippen LogP contribution in [0.4, 0.5) is 23.7 Å². The van der Waals surface area contributed by atoms with Crippen molar-refractivity contribution in [3.05, 3.63) is 46.7 Å². The summed E-state index contributed by atoms with van der Waals surface area (Å²) < 4.78 is 41.2. The summed E-state index contributed by atoms with van der Waals surface area (Å²) in [5.41, 5.74) is 5.47. The highest BCUT2D eigenvalue weighted by Gasteiger charge is 2.45. The van der Waals surface area contributed by atoms with Crippen molar-refractivity contribution in [2.45, 2.75) is 25.6 Å². The molecule has 1 unspecified atom stereocenters. The Morgan fingerprint density at radius 1 is 1.26 bits per heavy atom. The van der Waals surface area contributed by atoms with Crippen molar-refractivity contribution in [3.8, 4) is 0 Å². The van der Waals surface area contributed by atoms with Crippen LogP contribution < -0.4 is 5.73 Å². The van der Waals surface area contributed by atoms with Crippen LogP contribution in [0.25, 0.3) is 0 Å². The maximum atomic E-state index is 13.3. The fraction of sp³-hybridized carbons (Fsp3) is 0.500. The molecule has 1 aromatic heterocycles. The molecule has 1 amide bonds. The van der Waals surface area contributed by atoms with Gasteiger partial charge in [0.15, 0.2) is 0 Å². The molecule has 2 aromatic rings. The summed E-state index contributed by atoms with van der Waals surface area (Å²) in [4.78, 5) is 16.3. The van der Waals surface area contributed by atoms with E-state index in [1.165, 1.54) is 29.2 Å². The number of likely N-dealkylation sites (tertiary alicyclic amines) is 2. The number of aromatic nitrogens is 2. The van der Waals surface area contributed by atoms with Gasteiger partial charge in [0.2, 0.25) is 0 Å². The lowest BCUT2D eigenvalue weighted by Crippen LogP contribution is -2.36. The second-order valence-electron chi connectivity index (χ2n) is 7.93. The highest BCUT2D eigenvalue weighted by atomic mass is 35.5. The average Bonchev–Trinajstić information content (AvgIpc) is 3.43. The van der Waals surface area contributed by atoms with Gasteiger partial charge in [-0.3, -0.25) is 4.90 Å². The van der Waals surface area contributed by atoms with Gasteiger partial charge in [-0.1, -0.05) is 11.6 Å². The molecule has 2 aliphatic heterocycles. The molecule has 0 bridgehead atoms. The van der Waals surface area contributed by atoms with Gasteiger partial charge in [0.25, 0.3) is 0 Å². The number of alkyl halides is 3. The summed E-state index contributed by atoms with van der Waals surface area (Å²) in [5, 5.41) is 4.25. The number of halogens is 4. The molecule has 2 fully saturated rings. The number of anilines is 1. The molecular weight excluding hydrogens is 451 g/mol. The molecule has 1 spiro atoms. The summed E-state index contributed by atoms with van der Waals surface area (Å²) in [5.74, 6) is 0. The molecule has 2 saturated heterocycles. The maximum absolute atomic E-state index is 13.3. The van der Waals surface area contributed by atoms with Crippen molar-refractivity contribution in [1.29, 1.82) is 0 Å². The van der Waals surface area contributed by atoms with Crippen molar-refractivity contribution in [2.24, 2.45) is 5.41 Å². The van der Waals surface area contributed by atoms with E-state index in [0.29, 0.717) is 31.9 Å². The molecule has 170 valence electrons. The first-order valence-corrected chi connectivity index (χ1v) is 11.0. The second kappa shape index (κ2) is 9.30. The first-order valence-electron chi connectivity index (χ1n) is 9.77. The molecule has 0 saturated carbocycles. The van der Waals surface area contributed by atoms with E-state index in [9.17, 15) is 18.0 Å². The molecule has 0 radical (unpaired) electrons. The van der Waals surface area contributed by atoms with Crippen LogP contribution in [0.5, 0.6) is 0 Å². The van der Waals surface area contributed by atoms with E-state index in [2.05, 4.69) is 17.7 Å². The van der Waals surface area contributed by atoms with Gasteiger partial charge in [0.1, 0.15) is 0 Å². The standard InChI is InChI=1S/C19H21ClF3N5O.CH4S/c20-14-1-2-16(19(21,22)23)13(7-14)9-26-5-3-18(11-26)4-6-27(12-18)17(29)28-10-15(24)8-25-28;1-2/h1-2,7-8,10H,3-6,9,11-12,24H2;2H,1H3. The predicted molar refractivity (Wildman–Crippen MR) is 117 cm³/mol. The van der Waals surface area contributed by atoms with Crippen LogP contribution in [0.3, 0.4) is 0 Å². The van der Waals surface area contributed by atoms with Crippen LogP contribution >= 0.6 is 24.2 Å². The average molecular weight is 476 g/mol. The smallest absolute Gasteiger partial charge is 0.396 e. The third kappa shape index (κ3) is 5.30. The number of rotatable bonds is 2. The number of carbonyl (C=O) groups excluding carboxylic acids is 1. The zero-order chi connectivity index (χ0) is 22.8. The number of carbonyl (C=O) groups is 1. The number of benzene rings is 1. The molecule has 6 nitrogen and oxygen atoms in total. The number of hydrogen-bond acceptors (Lipinski definition) is 5. The lowest BCUT2D eigenvalue weighted by Gasteiger charge is -2.25. The van der Waals surface area contributed by atoms with Crippen molar-refractivity contribution in [3.63, 3.8) is 0 Å². The zero-order valence-corrected chi connectivity index (χ0v) is 18.7. The zero-order valence-electron chi connectivity index (χ0n) is 17.1. The molecule has 31 heavy (non-hydrogen) atoms. The lowest BCUT2D eigenvalue weighted by molar-refractivity contribution is -0.138. The molecule has 1 aromatic carbocycles. The Bertz CT molecular complexity index is 938. The van der Waals surface area contributed by atoms with Crippen LogP contribution in [-0.4, -0.2) is 58.0 Å². The van der Waals surface area contributed by atoms with Gasteiger partial charge in [-0.2, -0.15) is 35.6 Å². The van der Waals surface area contributed by atoms with Crippen LogP contribution in [0.1, 0.15) is 24.0 Å². The van der Waals surface area contributed by atoms with E-state index in [0.717, 1.165) is 18.9 Å². The van der Waals surface area contributed by atoms with E-state index in [1.54, 1.807) is 11.2 Å². The number of nitrogen functional groups attached to an aromatic ring is 1. The summed E-state index contributed by atoms with van der Waals surface area (Å²) in [7, 11) is 0. The molecular formula is C20H25ClF3N5OS. The topological polar surface area (TPSA) is 67.4 Å². The van der Waals surface area contributed by atoms with Crippen molar-refractivity contribution in [2.75, 3.05) is 38.2 Å². The van der Waals surface area contributed by atoms with E-state index >= 15 is 0 Å². The second-order valence-corrected chi connectivity index (χ2v) is 8.37. The van der Waals surface area contributed by atoms with Gasteiger partial charge >= 0.3 is 12.2 Å². The first kappa shape index (κ1) is 23.7. The number of amides is 1. The van der Waals surface area contributed by atoms with E-state index < -0.39 is 11.7 Å². The molecule has 3 heterocycles. The van der Waals surface area contributed by atoms with Crippen LogP contribution in [0.2, 0.25) is 5.02 Å². The van der Waals surface area contributed by atoms with E-state index in [1.807, 2.05) is 4.90 Å². The normalized spacial score (nSPS) is 21.4. The third-order valence-corrected chi connectivity index (χ3v) is 6.03. The number of thiol groups is 1. The molecule has 0 aliphatic carbocycles. The van der Waals surface area contributed by atoms with Gasteiger partial charge in [0.05, 0.1) is 23.6 Å². The minimum absolute atomic E-state index is 0.106. The Morgan fingerprint density at radius 2 is 1.97 bits per heavy atom. The Labute approximate surface area is 189 Å². The Kier molecular flexibility index (Phi) is 7.12. The largest absolute Gasteiger partial charge is 0.416 e. The molecule has 4 rings (SSSR count). The number of hydrogen-bond donors (Lipinski definition) is 2. The van der Waals surface area contributed by atoms with E-state index in [4.69, 9.17) is 17.3 Å². The molecule has 11 heteroatoms. The Morgan fingerprint density at radius 3 is 2.61 bits per heavy atom. The van der Waals surface area contributed by atoms with Gasteiger partial charge in [-0.25, -0.2) is 4.79 Å². The highest BCUT2D eigenvalue weighted by molar-refractivity contribution is 7.79. The van der Waals surface area contributed by atoms with Crippen LogP contribution in [0.15, 0.2) is 30.6 Å². The van der Waals surface area contributed by atoms with Crippen LogP contribution in [-0.2, 0) is 12.7 Å². The van der Waals surface area contributed by atoms with Crippen LogP contribution in [0, 0.1) is 5.41 Å². The lowest BCUT2D eigenvalue weighted by atomic mass is 9.86. The monoisotopic (exact) mass is 475 g/mol. The molecule has 2 aliphatic rings. The van der Waals surface area contributed by atoms with Crippen molar-refractivity contribution in [1.82, 2.24) is 19.6 Å². The Balaban J connectivity index is 0.00000132. The highest BCUT2D eigenvalue weighted by Crippen LogP contribution is 2.41. The first-order chi connectivity index (χ1) is 14.7. The quantitative estimate of drug-likeness (QED) is 0.637. The molecule has 2 N–H and O–H groups in total. The van der Waals surface area contributed by atoms with Crippen molar-refractivity contribution < 1.29 is 18.0 Å². The maximum Gasteiger partial charge on any atom is 0.416 e. The van der Waals surface area contributed by atoms with Gasteiger partial charge in [-0.05, 0) is 49.4 Å². The Hall–Kier alpha value is -1.91.